The van der Waals surface area contributed by atoms with Crippen LogP contribution in [0.2, 0.25) is 0 Å². The lowest BCUT2D eigenvalue weighted by Gasteiger charge is -2.14. The van der Waals surface area contributed by atoms with E-state index in [0.717, 1.165) is 28.1 Å². The van der Waals surface area contributed by atoms with Gasteiger partial charge in [0.15, 0.2) is 0 Å². The van der Waals surface area contributed by atoms with Crippen LogP contribution in [0, 0.1) is 6.92 Å². The summed E-state index contributed by atoms with van der Waals surface area (Å²) < 4.78 is 14.2. The van der Waals surface area contributed by atoms with Crippen molar-refractivity contribution < 1.29 is 9.47 Å². The number of pyridine rings is 1. The topological polar surface area (TPSA) is 58.3 Å². The summed E-state index contributed by atoms with van der Waals surface area (Å²) in [5.41, 5.74) is 3.30. The van der Waals surface area contributed by atoms with Crippen LogP contribution in [-0.2, 0) is 7.05 Å². The summed E-state index contributed by atoms with van der Waals surface area (Å²) in [7, 11) is 3.41. The Hall–Kier alpha value is -3.02. The maximum absolute atomic E-state index is 12.6. The highest BCUT2D eigenvalue weighted by molar-refractivity contribution is 5.69. The molecule has 3 aromatic rings. The molecule has 6 nitrogen and oxygen atoms in total. The minimum absolute atomic E-state index is 0.156. The monoisotopic (exact) mass is 339 g/mol. The zero-order chi connectivity index (χ0) is 18.0. The summed E-state index contributed by atoms with van der Waals surface area (Å²) in [6.45, 7) is 4.50. The fourth-order valence-electron chi connectivity index (χ4n) is 2.80. The van der Waals surface area contributed by atoms with Crippen LogP contribution in [0.15, 0.2) is 47.7 Å². The van der Waals surface area contributed by atoms with Gasteiger partial charge in [-0.15, -0.1) is 0 Å². The third-order valence-electron chi connectivity index (χ3n) is 3.99. The van der Waals surface area contributed by atoms with Crippen molar-refractivity contribution in [2.24, 2.45) is 7.05 Å². The molecule has 0 fully saturated rings. The molecule has 2 aromatic heterocycles. The lowest BCUT2D eigenvalue weighted by atomic mass is 10.1. The van der Waals surface area contributed by atoms with Gasteiger partial charge in [0.1, 0.15) is 11.5 Å². The molecule has 0 aliphatic heterocycles. The van der Waals surface area contributed by atoms with Gasteiger partial charge in [0.2, 0.25) is 0 Å². The maximum atomic E-state index is 12.6. The van der Waals surface area contributed by atoms with Gasteiger partial charge in [-0.1, -0.05) is 0 Å². The fraction of sp³-hybridized carbons (Fsp3) is 0.263. The molecule has 0 saturated heterocycles. The lowest BCUT2D eigenvalue weighted by molar-refractivity contribution is 0.340. The van der Waals surface area contributed by atoms with Crippen LogP contribution >= 0.6 is 0 Å². The van der Waals surface area contributed by atoms with Crippen LogP contribution in [0.4, 0.5) is 0 Å². The number of rotatable bonds is 5. The number of hydrogen-bond acceptors (Lipinski definition) is 4. The average molecular weight is 339 g/mol. The Kier molecular flexibility index (Phi) is 4.61. The molecule has 0 aliphatic rings. The minimum Gasteiger partial charge on any atom is -0.496 e. The number of aromatic nitrogens is 3. The average Bonchev–Trinajstić information content (AvgIpc) is 3.02. The normalized spacial score (nSPS) is 10.7. The first-order valence-electron chi connectivity index (χ1n) is 8.07. The second-order valence-electron chi connectivity index (χ2n) is 5.75. The smallest absolute Gasteiger partial charge is 0.258 e. The molecule has 0 aliphatic carbocycles. The van der Waals surface area contributed by atoms with E-state index in [9.17, 15) is 4.79 Å². The van der Waals surface area contributed by atoms with E-state index in [1.54, 1.807) is 28.8 Å². The van der Waals surface area contributed by atoms with Crippen LogP contribution in [0.1, 0.15) is 12.5 Å². The highest BCUT2D eigenvalue weighted by Crippen LogP contribution is 2.29. The molecule has 0 unspecified atom stereocenters. The van der Waals surface area contributed by atoms with Crippen molar-refractivity contribution in [1.82, 2.24) is 14.3 Å². The highest BCUT2D eigenvalue weighted by atomic mass is 16.5. The zero-order valence-electron chi connectivity index (χ0n) is 14.8. The number of hydrogen-bond donors (Lipinski definition) is 0. The Balaban J connectivity index is 2.15. The molecule has 0 atom stereocenters. The summed E-state index contributed by atoms with van der Waals surface area (Å²) in [4.78, 5) is 12.6. The van der Waals surface area contributed by atoms with E-state index >= 15 is 0 Å². The number of nitrogens with zero attached hydrogens (tertiary/aromatic N) is 3. The van der Waals surface area contributed by atoms with Gasteiger partial charge < -0.3 is 9.47 Å². The standard InChI is InChI=1S/C19H21N3O3/c1-5-25-15-6-7-17(13(2)8-15)22-12-16(14-10-20-21(3)11-14)18(24-4)9-19(22)23/h6-12H,5H2,1-4H3. The molecule has 130 valence electrons. The lowest BCUT2D eigenvalue weighted by Crippen LogP contribution is -2.18. The molecule has 25 heavy (non-hydrogen) atoms. The van der Waals surface area contributed by atoms with E-state index in [1.807, 2.05) is 45.3 Å². The molecule has 0 amide bonds. The van der Waals surface area contributed by atoms with Crippen molar-refractivity contribution in [2.45, 2.75) is 13.8 Å². The molecule has 0 saturated carbocycles. The first-order chi connectivity index (χ1) is 12.0. The maximum Gasteiger partial charge on any atom is 0.258 e. The Bertz CT molecular complexity index is 957. The van der Waals surface area contributed by atoms with Crippen molar-refractivity contribution in [2.75, 3.05) is 13.7 Å². The first-order valence-corrected chi connectivity index (χ1v) is 8.07. The molecule has 3 rings (SSSR count). The van der Waals surface area contributed by atoms with Gasteiger partial charge in [-0.25, -0.2) is 0 Å². The molecule has 6 heteroatoms. The van der Waals surface area contributed by atoms with Gasteiger partial charge in [0.25, 0.3) is 5.56 Å². The summed E-state index contributed by atoms with van der Waals surface area (Å²) in [6, 6.07) is 7.19. The summed E-state index contributed by atoms with van der Waals surface area (Å²) in [5, 5.41) is 4.20. The second kappa shape index (κ2) is 6.84. The van der Waals surface area contributed by atoms with E-state index in [-0.39, 0.29) is 5.56 Å². The van der Waals surface area contributed by atoms with Gasteiger partial charge in [-0.3, -0.25) is 14.0 Å². The van der Waals surface area contributed by atoms with Crippen molar-refractivity contribution in [3.8, 4) is 28.3 Å². The molecular weight excluding hydrogens is 318 g/mol. The van der Waals surface area contributed by atoms with Crippen LogP contribution in [-0.4, -0.2) is 28.1 Å². The van der Waals surface area contributed by atoms with E-state index < -0.39 is 0 Å². The highest BCUT2D eigenvalue weighted by Gasteiger charge is 2.13. The molecule has 2 heterocycles. The van der Waals surface area contributed by atoms with E-state index in [1.165, 1.54) is 6.07 Å². The Labute approximate surface area is 146 Å². The van der Waals surface area contributed by atoms with Crippen LogP contribution in [0.5, 0.6) is 11.5 Å². The van der Waals surface area contributed by atoms with Crippen molar-refractivity contribution in [3.05, 3.63) is 58.8 Å². The summed E-state index contributed by atoms with van der Waals surface area (Å²) in [5.74, 6) is 1.32. The number of benzene rings is 1. The molecule has 1 aromatic carbocycles. The quantitative estimate of drug-likeness (QED) is 0.717. The third kappa shape index (κ3) is 3.28. The predicted molar refractivity (Wildman–Crippen MR) is 96.7 cm³/mol. The van der Waals surface area contributed by atoms with Gasteiger partial charge in [-0.05, 0) is 37.6 Å². The van der Waals surface area contributed by atoms with E-state index in [4.69, 9.17) is 9.47 Å². The zero-order valence-corrected chi connectivity index (χ0v) is 14.8. The predicted octanol–water partition coefficient (Wildman–Crippen LogP) is 2.95. The largest absolute Gasteiger partial charge is 0.496 e. The number of ether oxygens (including phenoxy) is 2. The molecule has 0 radical (unpaired) electrons. The number of aryl methyl sites for hydroxylation is 2. The number of methoxy groups -OCH3 is 1. The molecule has 0 N–H and O–H groups in total. The summed E-state index contributed by atoms with van der Waals surface area (Å²) >= 11 is 0. The second-order valence-corrected chi connectivity index (χ2v) is 5.75. The third-order valence-corrected chi connectivity index (χ3v) is 3.99. The molecular formula is C19H21N3O3. The van der Waals surface area contributed by atoms with Crippen LogP contribution in [0.25, 0.3) is 16.8 Å². The van der Waals surface area contributed by atoms with Crippen molar-refractivity contribution in [3.63, 3.8) is 0 Å². The van der Waals surface area contributed by atoms with E-state index in [0.29, 0.717) is 12.4 Å². The van der Waals surface area contributed by atoms with Crippen molar-refractivity contribution >= 4 is 0 Å². The van der Waals surface area contributed by atoms with Crippen LogP contribution in [0.3, 0.4) is 0 Å². The van der Waals surface area contributed by atoms with Crippen molar-refractivity contribution in [1.29, 1.82) is 0 Å². The molecule has 0 bridgehead atoms. The fourth-order valence-corrected chi connectivity index (χ4v) is 2.80. The van der Waals surface area contributed by atoms with Gasteiger partial charge in [0, 0.05) is 36.6 Å². The Morgan fingerprint density at radius 2 is 2.00 bits per heavy atom. The molecule has 0 spiro atoms. The Morgan fingerprint density at radius 1 is 1.20 bits per heavy atom. The van der Waals surface area contributed by atoms with E-state index in [2.05, 4.69) is 5.10 Å². The first kappa shape index (κ1) is 16.8. The van der Waals surface area contributed by atoms with Gasteiger partial charge >= 0.3 is 0 Å². The minimum atomic E-state index is -0.156. The van der Waals surface area contributed by atoms with Gasteiger partial charge in [0.05, 0.1) is 25.6 Å². The summed E-state index contributed by atoms with van der Waals surface area (Å²) in [6.07, 6.45) is 5.43. The Morgan fingerprint density at radius 3 is 2.60 bits per heavy atom. The SMILES string of the molecule is CCOc1ccc(-n2cc(-c3cnn(C)c3)c(OC)cc2=O)c(C)c1. The van der Waals surface area contributed by atoms with Gasteiger partial charge in [-0.2, -0.15) is 5.10 Å². The van der Waals surface area contributed by atoms with Crippen LogP contribution < -0.4 is 15.0 Å².